The molecule has 3 nitrogen and oxygen atoms in total. The van der Waals surface area contributed by atoms with Crippen LogP contribution in [0.4, 0.5) is 4.39 Å². The van der Waals surface area contributed by atoms with Gasteiger partial charge in [-0.15, -0.1) is 0 Å². The first-order valence-electron chi connectivity index (χ1n) is 6.70. The SMILES string of the molecule is OCCN(Cc1cccc(F)c1Br)CC1CCCN1. The van der Waals surface area contributed by atoms with Crippen molar-refractivity contribution in [1.29, 1.82) is 0 Å². The molecule has 2 rings (SSSR count). The van der Waals surface area contributed by atoms with Crippen molar-refractivity contribution < 1.29 is 9.50 Å². The fourth-order valence-corrected chi connectivity index (χ4v) is 2.90. The Morgan fingerprint density at radius 1 is 1.47 bits per heavy atom. The zero-order valence-electron chi connectivity index (χ0n) is 10.9. The summed E-state index contributed by atoms with van der Waals surface area (Å²) in [5.74, 6) is -0.236. The molecule has 0 saturated carbocycles. The maximum atomic E-state index is 13.5. The number of benzene rings is 1. The Balaban J connectivity index is 2.00. The van der Waals surface area contributed by atoms with E-state index in [4.69, 9.17) is 5.11 Å². The van der Waals surface area contributed by atoms with Crippen LogP contribution < -0.4 is 5.32 Å². The lowest BCUT2D eigenvalue weighted by molar-refractivity contribution is 0.178. The Bertz CT molecular complexity index is 410. The van der Waals surface area contributed by atoms with Crippen molar-refractivity contribution in [3.8, 4) is 0 Å². The molecule has 1 aliphatic heterocycles. The molecular weight excluding hydrogens is 311 g/mol. The number of halogens is 2. The number of aliphatic hydroxyl groups excluding tert-OH is 1. The van der Waals surface area contributed by atoms with Crippen molar-refractivity contribution in [2.45, 2.75) is 25.4 Å². The molecule has 1 aromatic carbocycles. The summed E-state index contributed by atoms with van der Waals surface area (Å²) in [6.45, 7) is 3.35. The molecule has 0 spiro atoms. The van der Waals surface area contributed by atoms with Gasteiger partial charge in [-0.2, -0.15) is 0 Å². The molecule has 5 heteroatoms. The second-order valence-corrected chi connectivity index (χ2v) is 5.76. The second kappa shape index (κ2) is 7.33. The molecule has 19 heavy (non-hydrogen) atoms. The first-order valence-corrected chi connectivity index (χ1v) is 7.49. The van der Waals surface area contributed by atoms with Gasteiger partial charge in [-0.3, -0.25) is 4.90 Å². The summed E-state index contributed by atoms with van der Waals surface area (Å²) in [5.41, 5.74) is 0.923. The van der Waals surface area contributed by atoms with E-state index in [9.17, 15) is 4.39 Å². The predicted molar refractivity (Wildman–Crippen MR) is 77.5 cm³/mol. The third kappa shape index (κ3) is 4.24. The second-order valence-electron chi connectivity index (χ2n) is 4.96. The average Bonchev–Trinajstić information content (AvgIpc) is 2.88. The van der Waals surface area contributed by atoms with Gasteiger partial charge < -0.3 is 10.4 Å². The molecule has 1 aliphatic rings. The van der Waals surface area contributed by atoms with Crippen LogP contribution in [0.5, 0.6) is 0 Å². The van der Waals surface area contributed by atoms with E-state index in [0.29, 0.717) is 23.6 Å². The maximum absolute atomic E-state index is 13.5. The molecule has 0 amide bonds. The first-order chi connectivity index (χ1) is 9.20. The minimum atomic E-state index is -0.236. The topological polar surface area (TPSA) is 35.5 Å². The van der Waals surface area contributed by atoms with E-state index in [1.165, 1.54) is 18.9 Å². The van der Waals surface area contributed by atoms with E-state index >= 15 is 0 Å². The summed E-state index contributed by atoms with van der Waals surface area (Å²) in [6, 6.07) is 5.57. The van der Waals surface area contributed by atoms with Gasteiger partial charge in [0.15, 0.2) is 0 Å². The maximum Gasteiger partial charge on any atom is 0.137 e. The summed E-state index contributed by atoms with van der Waals surface area (Å²) < 4.78 is 14.0. The van der Waals surface area contributed by atoms with E-state index in [0.717, 1.165) is 18.7 Å². The summed E-state index contributed by atoms with van der Waals surface area (Å²) in [6.07, 6.45) is 2.38. The van der Waals surface area contributed by atoms with Crippen LogP contribution in [0.2, 0.25) is 0 Å². The number of hydrogen-bond donors (Lipinski definition) is 2. The Labute approximate surface area is 121 Å². The largest absolute Gasteiger partial charge is 0.395 e. The number of rotatable bonds is 6. The van der Waals surface area contributed by atoms with E-state index in [-0.39, 0.29) is 12.4 Å². The number of nitrogens with one attached hydrogen (secondary N) is 1. The number of nitrogens with zero attached hydrogens (tertiary/aromatic N) is 1. The summed E-state index contributed by atoms with van der Waals surface area (Å²) in [5, 5.41) is 12.6. The molecule has 106 valence electrons. The van der Waals surface area contributed by atoms with Crippen LogP contribution in [0.15, 0.2) is 22.7 Å². The average molecular weight is 331 g/mol. The smallest absolute Gasteiger partial charge is 0.137 e. The normalized spacial score (nSPS) is 19.3. The molecule has 0 aromatic heterocycles. The molecular formula is C14H20BrFN2O. The van der Waals surface area contributed by atoms with Gasteiger partial charge in [-0.05, 0) is 46.9 Å². The van der Waals surface area contributed by atoms with Crippen LogP contribution in [-0.4, -0.2) is 42.3 Å². The Morgan fingerprint density at radius 2 is 2.32 bits per heavy atom. The summed E-state index contributed by atoms with van der Waals surface area (Å²) in [7, 11) is 0. The van der Waals surface area contributed by atoms with Crippen molar-refractivity contribution in [2.75, 3.05) is 26.2 Å². The summed E-state index contributed by atoms with van der Waals surface area (Å²) in [4.78, 5) is 2.17. The highest BCUT2D eigenvalue weighted by Crippen LogP contribution is 2.22. The fourth-order valence-electron chi connectivity index (χ4n) is 2.51. The monoisotopic (exact) mass is 330 g/mol. The van der Waals surface area contributed by atoms with Gasteiger partial charge in [-0.1, -0.05) is 12.1 Å². The van der Waals surface area contributed by atoms with Gasteiger partial charge in [0.25, 0.3) is 0 Å². The lowest BCUT2D eigenvalue weighted by Crippen LogP contribution is -2.38. The van der Waals surface area contributed by atoms with E-state index in [1.807, 2.05) is 6.07 Å². The van der Waals surface area contributed by atoms with E-state index < -0.39 is 0 Å². The summed E-state index contributed by atoms with van der Waals surface area (Å²) >= 11 is 3.29. The van der Waals surface area contributed by atoms with Crippen LogP contribution in [0.1, 0.15) is 18.4 Å². The molecule has 2 N–H and O–H groups in total. The number of aliphatic hydroxyl groups is 1. The zero-order valence-corrected chi connectivity index (χ0v) is 12.5. The van der Waals surface area contributed by atoms with Gasteiger partial charge in [0, 0.05) is 25.7 Å². The first kappa shape index (κ1) is 14.9. The van der Waals surface area contributed by atoms with Gasteiger partial charge in [0.1, 0.15) is 5.82 Å². The van der Waals surface area contributed by atoms with Crippen LogP contribution in [-0.2, 0) is 6.54 Å². The lowest BCUT2D eigenvalue weighted by atomic mass is 10.1. The Morgan fingerprint density at radius 3 is 3.00 bits per heavy atom. The molecule has 1 aromatic rings. The molecule has 0 bridgehead atoms. The quantitative estimate of drug-likeness (QED) is 0.838. The van der Waals surface area contributed by atoms with Crippen molar-refractivity contribution in [3.63, 3.8) is 0 Å². The van der Waals surface area contributed by atoms with Crippen molar-refractivity contribution in [2.24, 2.45) is 0 Å². The third-order valence-corrected chi connectivity index (χ3v) is 4.37. The van der Waals surface area contributed by atoms with Gasteiger partial charge in [0.05, 0.1) is 11.1 Å². The van der Waals surface area contributed by atoms with Crippen molar-refractivity contribution in [3.05, 3.63) is 34.1 Å². The molecule has 1 heterocycles. The number of hydrogen-bond acceptors (Lipinski definition) is 3. The molecule has 1 fully saturated rings. The third-order valence-electron chi connectivity index (χ3n) is 3.48. The van der Waals surface area contributed by atoms with Crippen LogP contribution >= 0.6 is 15.9 Å². The Kier molecular flexibility index (Phi) is 5.76. The molecule has 1 atom stereocenters. The highest BCUT2D eigenvalue weighted by Gasteiger charge is 2.18. The highest BCUT2D eigenvalue weighted by atomic mass is 79.9. The Hall–Kier alpha value is -0.490. The van der Waals surface area contributed by atoms with Gasteiger partial charge >= 0.3 is 0 Å². The van der Waals surface area contributed by atoms with E-state index in [1.54, 1.807) is 6.07 Å². The molecule has 0 radical (unpaired) electrons. The van der Waals surface area contributed by atoms with Gasteiger partial charge in [-0.25, -0.2) is 4.39 Å². The van der Waals surface area contributed by atoms with E-state index in [2.05, 4.69) is 26.1 Å². The zero-order chi connectivity index (χ0) is 13.7. The highest BCUT2D eigenvalue weighted by molar-refractivity contribution is 9.10. The van der Waals surface area contributed by atoms with Crippen LogP contribution in [0, 0.1) is 5.82 Å². The predicted octanol–water partition coefficient (Wildman–Crippen LogP) is 2.13. The van der Waals surface area contributed by atoms with Crippen LogP contribution in [0.25, 0.3) is 0 Å². The lowest BCUT2D eigenvalue weighted by Gasteiger charge is -2.25. The van der Waals surface area contributed by atoms with Crippen molar-refractivity contribution in [1.82, 2.24) is 10.2 Å². The van der Waals surface area contributed by atoms with Crippen molar-refractivity contribution >= 4 is 15.9 Å². The van der Waals surface area contributed by atoms with Gasteiger partial charge in [0.2, 0.25) is 0 Å². The van der Waals surface area contributed by atoms with Crippen LogP contribution in [0.3, 0.4) is 0 Å². The minimum absolute atomic E-state index is 0.125. The minimum Gasteiger partial charge on any atom is -0.395 e. The molecule has 1 saturated heterocycles. The standard InChI is InChI=1S/C14H20BrFN2O/c15-14-11(3-1-5-13(14)16)9-18(7-8-19)10-12-4-2-6-17-12/h1,3,5,12,17,19H,2,4,6-10H2. The molecule has 0 aliphatic carbocycles. The fraction of sp³-hybridized carbons (Fsp3) is 0.571. The molecule has 1 unspecified atom stereocenters.